The Morgan fingerprint density at radius 1 is 1.30 bits per heavy atom. The number of hydrogen-bond donors (Lipinski definition) is 3. The zero-order valence-corrected chi connectivity index (χ0v) is 10.6. The lowest BCUT2D eigenvalue weighted by atomic mass is 9.74. The maximum absolute atomic E-state index is 13.4. The molecule has 5 nitrogen and oxygen atoms in total. The predicted octanol–water partition coefficient (Wildman–Crippen LogP) is 2.48. The van der Waals surface area contributed by atoms with Crippen LogP contribution in [-0.4, -0.2) is 22.6 Å². The van der Waals surface area contributed by atoms with Crippen LogP contribution in [0.5, 0.6) is 0 Å². The molecule has 2 rings (SSSR count). The number of aliphatic carboxylic acids is 1. The van der Waals surface area contributed by atoms with Crippen LogP contribution in [0.2, 0.25) is 0 Å². The van der Waals surface area contributed by atoms with Crippen molar-refractivity contribution in [3.05, 3.63) is 29.8 Å². The molecule has 0 unspecified atom stereocenters. The lowest BCUT2D eigenvalue weighted by Gasteiger charge is -2.41. The Hall–Kier alpha value is -2.18. The number of amides is 2. The van der Waals surface area contributed by atoms with E-state index in [1.165, 1.54) is 0 Å². The Bertz CT molecular complexity index is 544. The average molecular weight is 284 g/mol. The van der Waals surface area contributed by atoms with Gasteiger partial charge in [-0.1, -0.05) is 0 Å². The van der Waals surface area contributed by atoms with Crippen LogP contribution in [0.15, 0.2) is 18.2 Å². The number of hydrogen-bond acceptors (Lipinski definition) is 2. The van der Waals surface area contributed by atoms with E-state index < -0.39 is 29.2 Å². The van der Waals surface area contributed by atoms with Gasteiger partial charge in [-0.15, -0.1) is 0 Å². The number of rotatable bonds is 4. The van der Waals surface area contributed by atoms with E-state index in [2.05, 4.69) is 10.6 Å². The lowest BCUT2D eigenvalue weighted by molar-refractivity contribution is -0.139. The largest absolute Gasteiger partial charge is 0.481 e. The highest BCUT2D eigenvalue weighted by Gasteiger charge is 2.40. The number of carboxylic acid groups (broad SMARTS) is 1. The van der Waals surface area contributed by atoms with Gasteiger partial charge in [0.25, 0.3) is 0 Å². The van der Waals surface area contributed by atoms with Crippen LogP contribution in [-0.2, 0) is 4.79 Å². The first kappa shape index (κ1) is 14.2. The van der Waals surface area contributed by atoms with Gasteiger partial charge in [-0.3, -0.25) is 4.79 Å². The summed E-state index contributed by atoms with van der Waals surface area (Å²) < 4.78 is 26.1. The Morgan fingerprint density at radius 2 is 2.00 bits per heavy atom. The van der Waals surface area contributed by atoms with Crippen molar-refractivity contribution < 1.29 is 23.5 Å². The SMILES string of the molecule is O=C(O)CC1(NC(=O)Nc2ccc(F)cc2F)CCC1. The summed E-state index contributed by atoms with van der Waals surface area (Å²) in [4.78, 5) is 22.5. The number of carbonyl (C=O) groups is 2. The summed E-state index contributed by atoms with van der Waals surface area (Å²) >= 11 is 0. The quantitative estimate of drug-likeness (QED) is 0.794. The van der Waals surface area contributed by atoms with Crippen LogP contribution in [0.4, 0.5) is 19.3 Å². The van der Waals surface area contributed by atoms with Crippen LogP contribution in [0.1, 0.15) is 25.7 Å². The topological polar surface area (TPSA) is 78.4 Å². The summed E-state index contributed by atoms with van der Waals surface area (Å²) in [6.45, 7) is 0. The van der Waals surface area contributed by atoms with Crippen LogP contribution in [0.3, 0.4) is 0 Å². The first-order valence-electron chi connectivity index (χ1n) is 6.16. The van der Waals surface area contributed by atoms with Gasteiger partial charge in [0.05, 0.1) is 17.6 Å². The highest BCUT2D eigenvalue weighted by molar-refractivity contribution is 5.90. The van der Waals surface area contributed by atoms with Crippen molar-refractivity contribution in [1.29, 1.82) is 0 Å². The number of benzene rings is 1. The predicted molar refractivity (Wildman–Crippen MR) is 67.3 cm³/mol. The monoisotopic (exact) mass is 284 g/mol. The number of anilines is 1. The van der Waals surface area contributed by atoms with Gasteiger partial charge >= 0.3 is 12.0 Å². The van der Waals surface area contributed by atoms with E-state index in [9.17, 15) is 18.4 Å². The second-order valence-corrected chi connectivity index (χ2v) is 4.91. The van der Waals surface area contributed by atoms with E-state index in [-0.39, 0.29) is 12.1 Å². The molecule has 2 amide bonds. The van der Waals surface area contributed by atoms with Crippen molar-refractivity contribution in [2.75, 3.05) is 5.32 Å². The third kappa shape index (κ3) is 3.23. The molecule has 0 spiro atoms. The number of halogens is 2. The molecule has 0 bridgehead atoms. The van der Waals surface area contributed by atoms with E-state index in [1.807, 2.05) is 0 Å². The summed E-state index contributed by atoms with van der Waals surface area (Å²) in [5.41, 5.74) is -0.930. The molecule has 1 fully saturated rings. The van der Waals surface area contributed by atoms with Crippen LogP contribution < -0.4 is 10.6 Å². The van der Waals surface area contributed by atoms with Gasteiger partial charge in [-0.2, -0.15) is 0 Å². The second kappa shape index (κ2) is 5.44. The molecule has 0 saturated heterocycles. The van der Waals surface area contributed by atoms with Gasteiger partial charge in [-0.25, -0.2) is 13.6 Å². The van der Waals surface area contributed by atoms with E-state index in [1.54, 1.807) is 0 Å². The minimum atomic E-state index is -1.00. The maximum atomic E-state index is 13.4. The molecule has 1 aromatic rings. The zero-order valence-electron chi connectivity index (χ0n) is 10.6. The van der Waals surface area contributed by atoms with Crippen molar-refractivity contribution >= 4 is 17.7 Å². The minimum absolute atomic E-state index is 0.159. The molecule has 1 aliphatic carbocycles. The molecule has 0 radical (unpaired) electrons. The molecule has 1 saturated carbocycles. The van der Waals surface area contributed by atoms with Crippen molar-refractivity contribution in [1.82, 2.24) is 5.32 Å². The normalized spacial score (nSPS) is 16.1. The fraction of sp³-hybridized carbons (Fsp3) is 0.385. The lowest BCUT2D eigenvalue weighted by Crippen LogP contribution is -2.55. The Kier molecular flexibility index (Phi) is 3.87. The standard InChI is InChI=1S/C13H14F2N2O3/c14-8-2-3-10(9(15)6-8)16-12(20)17-13(4-1-5-13)7-11(18)19/h2-3,6H,1,4-5,7H2,(H,18,19)(H2,16,17,20). The average Bonchev–Trinajstić information content (AvgIpc) is 2.29. The van der Waals surface area contributed by atoms with E-state index in [0.717, 1.165) is 18.6 Å². The Labute approximate surface area is 114 Å². The van der Waals surface area contributed by atoms with Gasteiger partial charge in [0, 0.05) is 6.07 Å². The minimum Gasteiger partial charge on any atom is -0.481 e. The molecular formula is C13H14F2N2O3. The van der Waals surface area contributed by atoms with Gasteiger partial charge in [0.2, 0.25) is 0 Å². The van der Waals surface area contributed by atoms with Crippen LogP contribution >= 0.6 is 0 Å². The zero-order chi connectivity index (χ0) is 14.8. The van der Waals surface area contributed by atoms with Gasteiger partial charge in [-0.05, 0) is 31.4 Å². The molecule has 3 N–H and O–H groups in total. The molecule has 0 atom stereocenters. The molecule has 1 aromatic carbocycles. The molecule has 108 valence electrons. The number of carbonyl (C=O) groups excluding carboxylic acids is 1. The molecule has 0 heterocycles. The smallest absolute Gasteiger partial charge is 0.319 e. The maximum Gasteiger partial charge on any atom is 0.319 e. The number of carboxylic acids is 1. The molecule has 20 heavy (non-hydrogen) atoms. The molecule has 1 aliphatic rings. The first-order chi connectivity index (χ1) is 9.40. The second-order valence-electron chi connectivity index (χ2n) is 4.91. The van der Waals surface area contributed by atoms with Crippen LogP contribution in [0, 0.1) is 11.6 Å². The van der Waals surface area contributed by atoms with Crippen molar-refractivity contribution in [2.24, 2.45) is 0 Å². The Balaban J connectivity index is 1.99. The summed E-state index contributed by atoms with van der Waals surface area (Å²) in [6, 6.07) is 2.09. The van der Waals surface area contributed by atoms with E-state index >= 15 is 0 Å². The third-order valence-electron chi connectivity index (χ3n) is 3.36. The number of urea groups is 1. The fourth-order valence-electron chi connectivity index (χ4n) is 2.22. The summed E-state index contributed by atoms with van der Waals surface area (Å²) in [7, 11) is 0. The van der Waals surface area contributed by atoms with E-state index in [0.29, 0.717) is 18.9 Å². The van der Waals surface area contributed by atoms with Crippen molar-refractivity contribution in [3.8, 4) is 0 Å². The molecular weight excluding hydrogens is 270 g/mol. The summed E-state index contributed by atoms with van der Waals surface area (Å²) in [5.74, 6) is -2.63. The summed E-state index contributed by atoms with van der Waals surface area (Å²) in [5, 5.41) is 13.6. The van der Waals surface area contributed by atoms with Crippen LogP contribution in [0.25, 0.3) is 0 Å². The van der Waals surface area contributed by atoms with Crippen molar-refractivity contribution in [3.63, 3.8) is 0 Å². The van der Waals surface area contributed by atoms with Crippen molar-refractivity contribution in [2.45, 2.75) is 31.2 Å². The fourth-order valence-corrected chi connectivity index (χ4v) is 2.22. The Morgan fingerprint density at radius 3 is 2.50 bits per heavy atom. The molecule has 0 aromatic heterocycles. The van der Waals surface area contributed by atoms with Gasteiger partial charge in [0.15, 0.2) is 0 Å². The highest BCUT2D eigenvalue weighted by Crippen LogP contribution is 2.35. The van der Waals surface area contributed by atoms with E-state index in [4.69, 9.17) is 5.11 Å². The summed E-state index contributed by atoms with van der Waals surface area (Å²) in [6.07, 6.45) is 1.79. The highest BCUT2D eigenvalue weighted by atomic mass is 19.1. The van der Waals surface area contributed by atoms with Gasteiger partial charge < -0.3 is 15.7 Å². The number of nitrogens with one attached hydrogen (secondary N) is 2. The third-order valence-corrected chi connectivity index (χ3v) is 3.36. The molecule has 0 aliphatic heterocycles. The van der Waals surface area contributed by atoms with Gasteiger partial charge in [0.1, 0.15) is 11.6 Å². The molecule has 7 heteroatoms. The first-order valence-corrected chi connectivity index (χ1v) is 6.16.